The van der Waals surface area contributed by atoms with Crippen LogP contribution in [0, 0.1) is 20.8 Å². The van der Waals surface area contributed by atoms with Crippen molar-refractivity contribution < 1.29 is 23.6 Å². The van der Waals surface area contributed by atoms with Crippen LogP contribution in [0.3, 0.4) is 0 Å². The van der Waals surface area contributed by atoms with Crippen LogP contribution >= 0.6 is 11.3 Å². The number of nitrogens with zero attached hydrogens (tertiary/aromatic N) is 1. The van der Waals surface area contributed by atoms with E-state index < -0.39 is 11.9 Å². The Morgan fingerprint density at radius 2 is 2.03 bits per heavy atom. The molecule has 8 heteroatoms. The van der Waals surface area contributed by atoms with Crippen molar-refractivity contribution in [2.24, 2.45) is 0 Å². The molecule has 0 saturated carbocycles. The molecule has 1 aliphatic rings. The summed E-state index contributed by atoms with van der Waals surface area (Å²) in [5.41, 5.74) is 4.22. The third-order valence-corrected chi connectivity index (χ3v) is 6.66. The Bertz CT molecular complexity index is 1160. The monoisotopic (exact) mass is 440 g/mol. The number of thiophene rings is 1. The van der Waals surface area contributed by atoms with E-state index in [4.69, 9.17) is 14.0 Å². The summed E-state index contributed by atoms with van der Waals surface area (Å²) in [5, 5.41) is 7.28. The second-order valence-corrected chi connectivity index (χ2v) is 8.74. The lowest BCUT2D eigenvalue weighted by atomic mass is 10.1. The molecule has 1 amide bonds. The Morgan fingerprint density at radius 1 is 1.23 bits per heavy atom. The molecule has 0 bridgehead atoms. The zero-order chi connectivity index (χ0) is 22.1. The maximum absolute atomic E-state index is 13.0. The van der Waals surface area contributed by atoms with Crippen molar-refractivity contribution in [3.8, 4) is 5.75 Å². The molecule has 31 heavy (non-hydrogen) atoms. The summed E-state index contributed by atoms with van der Waals surface area (Å²) in [7, 11) is 1.34. The molecule has 2 aromatic heterocycles. The van der Waals surface area contributed by atoms with Crippen LogP contribution < -0.4 is 10.1 Å². The molecule has 4 rings (SSSR count). The number of anilines is 1. The molecule has 0 saturated heterocycles. The lowest BCUT2D eigenvalue weighted by molar-refractivity contribution is 0.0601. The summed E-state index contributed by atoms with van der Waals surface area (Å²) in [6.45, 7) is 5.85. The zero-order valence-electron chi connectivity index (χ0n) is 18.0. The smallest absolute Gasteiger partial charge is 0.341 e. The summed E-state index contributed by atoms with van der Waals surface area (Å²) in [6.07, 6.45) is 2.71. The molecule has 1 aliphatic carbocycles. The maximum Gasteiger partial charge on any atom is 0.341 e. The molecule has 7 nitrogen and oxygen atoms in total. The number of hydrogen-bond acceptors (Lipinski definition) is 7. The van der Waals surface area contributed by atoms with Crippen molar-refractivity contribution in [2.75, 3.05) is 12.4 Å². The van der Waals surface area contributed by atoms with Gasteiger partial charge in [-0.15, -0.1) is 11.3 Å². The summed E-state index contributed by atoms with van der Waals surface area (Å²) in [5.74, 6) is 0.373. The molecule has 0 aliphatic heterocycles. The first-order valence-corrected chi connectivity index (χ1v) is 10.9. The lowest BCUT2D eigenvalue weighted by Gasteiger charge is -2.10. The Hall–Kier alpha value is -3.13. The number of carbonyl (C=O) groups is 2. The molecular weight excluding hydrogens is 416 g/mol. The van der Waals surface area contributed by atoms with Crippen LogP contribution in [0.1, 0.15) is 60.2 Å². The van der Waals surface area contributed by atoms with Crippen LogP contribution in [0.15, 0.2) is 22.7 Å². The fraction of sp³-hybridized carbons (Fsp3) is 0.348. The second-order valence-electron chi connectivity index (χ2n) is 7.63. The number of nitrogens with one attached hydrogen (secondary N) is 1. The second kappa shape index (κ2) is 8.55. The number of hydrogen-bond donors (Lipinski definition) is 1. The Balaban J connectivity index is 1.57. The fourth-order valence-corrected chi connectivity index (χ4v) is 5.00. The minimum absolute atomic E-state index is 0.146. The van der Waals surface area contributed by atoms with E-state index in [0.717, 1.165) is 46.6 Å². The van der Waals surface area contributed by atoms with Gasteiger partial charge in [0.1, 0.15) is 23.1 Å². The number of methoxy groups -OCH3 is 1. The van der Waals surface area contributed by atoms with E-state index in [9.17, 15) is 9.59 Å². The molecule has 162 valence electrons. The maximum atomic E-state index is 13.0. The number of amides is 1. The number of benzene rings is 1. The van der Waals surface area contributed by atoms with Crippen LogP contribution in [0.4, 0.5) is 5.00 Å². The van der Waals surface area contributed by atoms with E-state index in [2.05, 4.69) is 10.5 Å². The topological polar surface area (TPSA) is 90.7 Å². The number of carbonyl (C=O) groups excluding carboxylic acids is 2. The number of fused-ring (bicyclic) bond motifs is 1. The predicted octanol–water partition coefficient (Wildman–Crippen LogP) is 4.77. The molecule has 2 heterocycles. The van der Waals surface area contributed by atoms with Gasteiger partial charge in [-0.25, -0.2) is 4.79 Å². The van der Waals surface area contributed by atoms with Crippen molar-refractivity contribution in [3.63, 3.8) is 0 Å². The van der Waals surface area contributed by atoms with Gasteiger partial charge in [-0.1, -0.05) is 17.3 Å². The minimum Gasteiger partial charge on any atom is -0.488 e. The normalized spacial score (nSPS) is 12.5. The van der Waals surface area contributed by atoms with Crippen LogP contribution in [0.25, 0.3) is 0 Å². The van der Waals surface area contributed by atoms with Gasteiger partial charge < -0.3 is 19.3 Å². The molecular formula is C23H24N2O5S. The van der Waals surface area contributed by atoms with E-state index >= 15 is 0 Å². The molecule has 3 aromatic rings. The number of rotatable bonds is 6. The van der Waals surface area contributed by atoms with Gasteiger partial charge in [0.05, 0.1) is 18.2 Å². The summed E-state index contributed by atoms with van der Waals surface area (Å²) < 4.78 is 16.2. The molecule has 0 unspecified atom stereocenters. The van der Waals surface area contributed by atoms with Crippen molar-refractivity contribution in [1.82, 2.24) is 5.16 Å². The van der Waals surface area contributed by atoms with Crippen molar-refractivity contribution in [1.29, 1.82) is 0 Å². The quantitative estimate of drug-likeness (QED) is 0.556. The van der Waals surface area contributed by atoms with Crippen molar-refractivity contribution in [3.05, 3.63) is 62.3 Å². The van der Waals surface area contributed by atoms with Gasteiger partial charge in [-0.05, 0) is 62.8 Å². The van der Waals surface area contributed by atoms with Gasteiger partial charge in [-0.3, -0.25) is 4.79 Å². The number of aromatic nitrogens is 1. The van der Waals surface area contributed by atoms with Gasteiger partial charge in [0.15, 0.2) is 5.69 Å². The Morgan fingerprint density at radius 3 is 2.81 bits per heavy atom. The third-order valence-electron chi connectivity index (χ3n) is 5.45. The summed E-state index contributed by atoms with van der Waals surface area (Å²) >= 11 is 1.42. The summed E-state index contributed by atoms with van der Waals surface area (Å²) in [4.78, 5) is 26.5. The van der Waals surface area contributed by atoms with E-state index in [1.54, 1.807) is 6.92 Å². The Labute approximate surface area is 184 Å². The highest BCUT2D eigenvalue weighted by atomic mass is 32.1. The molecule has 1 N–H and O–H groups in total. The average molecular weight is 441 g/mol. The number of ether oxygens (including phenoxy) is 2. The largest absolute Gasteiger partial charge is 0.488 e. The Kier molecular flexibility index (Phi) is 5.82. The van der Waals surface area contributed by atoms with Crippen LogP contribution in [-0.2, 0) is 24.2 Å². The predicted molar refractivity (Wildman–Crippen MR) is 117 cm³/mol. The van der Waals surface area contributed by atoms with Crippen LogP contribution in [0.5, 0.6) is 5.75 Å². The molecule has 0 radical (unpaired) electrons. The number of aryl methyl sites for hydroxylation is 4. The van der Waals surface area contributed by atoms with Crippen LogP contribution in [-0.4, -0.2) is 24.1 Å². The molecule has 0 fully saturated rings. The number of esters is 1. The first-order valence-electron chi connectivity index (χ1n) is 10.1. The fourth-order valence-electron chi connectivity index (χ4n) is 3.72. The van der Waals surface area contributed by atoms with E-state index in [-0.39, 0.29) is 12.3 Å². The highest BCUT2D eigenvalue weighted by Gasteiger charge is 2.29. The first-order chi connectivity index (χ1) is 14.9. The highest BCUT2D eigenvalue weighted by molar-refractivity contribution is 7.17. The minimum atomic E-state index is -0.443. The summed E-state index contributed by atoms with van der Waals surface area (Å²) in [6, 6.07) is 5.96. The SMILES string of the molecule is COC(=O)c1c(NC(=O)c2noc(C)c2COc2cc(C)ccc2C)sc2c1CCC2. The highest BCUT2D eigenvalue weighted by Crippen LogP contribution is 2.39. The van der Waals surface area contributed by atoms with E-state index in [1.165, 1.54) is 18.4 Å². The zero-order valence-corrected chi connectivity index (χ0v) is 18.8. The third kappa shape index (κ3) is 4.07. The average Bonchev–Trinajstić information content (AvgIpc) is 3.42. The van der Waals surface area contributed by atoms with Gasteiger partial charge in [0, 0.05) is 4.88 Å². The van der Waals surface area contributed by atoms with Gasteiger partial charge in [-0.2, -0.15) is 0 Å². The van der Waals surface area contributed by atoms with E-state index in [0.29, 0.717) is 21.9 Å². The van der Waals surface area contributed by atoms with E-state index in [1.807, 2.05) is 32.0 Å². The molecule has 0 atom stereocenters. The molecule has 0 spiro atoms. The molecule has 1 aromatic carbocycles. The van der Waals surface area contributed by atoms with Gasteiger partial charge in [0.25, 0.3) is 5.91 Å². The first kappa shape index (κ1) is 21.1. The van der Waals surface area contributed by atoms with Crippen LogP contribution in [0.2, 0.25) is 0 Å². The van der Waals surface area contributed by atoms with Gasteiger partial charge in [0.2, 0.25) is 0 Å². The standard InChI is InChI=1S/C23H24N2O5S/c1-12-8-9-13(2)17(10-12)29-11-16-14(3)30-25-20(16)21(26)24-22-19(23(27)28-4)15-6-5-7-18(15)31-22/h8-10H,5-7,11H2,1-4H3,(H,24,26). The lowest BCUT2D eigenvalue weighted by Crippen LogP contribution is -2.17. The van der Waals surface area contributed by atoms with Gasteiger partial charge >= 0.3 is 5.97 Å². The van der Waals surface area contributed by atoms with Crippen molar-refractivity contribution >= 4 is 28.2 Å². The van der Waals surface area contributed by atoms with Crippen molar-refractivity contribution in [2.45, 2.75) is 46.6 Å².